The van der Waals surface area contributed by atoms with Gasteiger partial charge in [0.25, 0.3) is 0 Å². The van der Waals surface area contributed by atoms with Crippen LogP contribution in [0.1, 0.15) is 24.4 Å². The van der Waals surface area contributed by atoms with Crippen molar-refractivity contribution in [3.05, 3.63) is 35.4 Å². The van der Waals surface area contributed by atoms with Crippen LogP contribution in [0.3, 0.4) is 0 Å². The first-order valence-electron chi connectivity index (χ1n) is 4.03. The highest BCUT2D eigenvalue weighted by Gasteiger charge is 2.04. The summed E-state index contributed by atoms with van der Waals surface area (Å²) in [5, 5.41) is 4.47. The van der Waals surface area contributed by atoms with E-state index in [2.05, 4.69) is 16.4 Å². The van der Waals surface area contributed by atoms with E-state index in [1.807, 2.05) is 12.3 Å². The molecule has 1 aliphatic rings. The van der Waals surface area contributed by atoms with E-state index < -0.39 is 0 Å². The molecule has 0 aliphatic carbocycles. The van der Waals surface area contributed by atoms with Crippen LogP contribution in [-0.4, -0.2) is 11.5 Å². The van der Waals surface area contributed by atoms with Crippen LogP contribution >= 0.6 is 0 Å². The fourth-order valence-corrected chi connectivity index (χ4v) is 1.47. The summed E-state index contributed by atoms with van der Waals surface area (Å²) in [5.41, 5.74) is 1.27. The summed E-state index contributed by atoms with van der Waals surface area (Å²) in [6, 6.07) is 4.51. The van der Waals surface area contributed by atoms with E-state index >= 15 is 0 Å². The van der Waals surface area contributed by atoms with Gasteiger partial charge in [-0.05, 0) is 11.6 Å². The predicted octanol–water partition coefficient (Wildman–Crippen LogP) is 2.29. The molecule has 1 aliphatic heterocycles. The van der Waals surface area contributed by atoms with Crippen molar-refractivity contribution in [3.63, 3.8) is 0 Å². The number of rotatable bonds is 1. The normalized spacial score (nSPS) is 23.8. The maximum Gasteiger partial charge on any atom is 0.0284 e. The first kappa shape index (κ1) is 6.80. The minimum absolute atomic E-state index is 0.434. The smallest absolute Gasteiger partial charge is 0.0284 e. The van der Waals surface area contributed by atoms with Gasteiger partial charge in [0.2, 0.25) is 0 Å². The van der Waals surface area contributed by atoms with E-state index in [4.69, 9.17) is 0 Å². The van der Waals surface area contributed by atoms with Gasteiger partial charge in [-0.1, -0.05) is 18.9 Å². The second-order valence-electron chi connectivity index (χ2n) is 2.85. The number of aromatic nitrogens is 1. The largest absolute Gasteiger partial charge is 0.656 e. The van der Waals surface area contributed by atoms with Crippen LogP contribution in [0.5, 0.6) is 0 Å². The van der Waals surface area contributed by atoms with Crippen molar-refractivity contribution in [2.24, 2.45) is 0 Å². The highest BCUT2D eigenvalue weighted by molar-refractivity contribution is 5.21. The van der Waals surface area contributed by atoms with Crippen molar-refractivity contribution in [1.82, 2.24) is 4.98 Å². The summed E-state index contributed by atoms with van der Waals surface area (Å²) in [6.07, 6.45) is 6.16. The van der Waals surface area contributed by atoms with E-state index in [0.29, 0.717) is 6.04 Å². The molecule has 11 heavy (non-hydrogen) atoms. The highest BCUT2D eigenvalue weighted by atomic mass is 14.9. The summed E-state index contributed by atoms with van der Waals surface area (Å²) in [6.45, 7) is 1.03. The molecule has 0 aromatic carbocycles. The zero-order valence-corrected chi connectivity index (χ0v) is 6.40. The second-order valence-corrected chi connectivity index (χ2v) is 2.85. The fraction of sp³-hybridized carbons (Fsp3) is 0.444. The lowest BCUT2D eigenvalue weighted by molar-refractivity contribution is 0.794. The van der Waals surface area contributed by atoms with Crippen molar-refractivity contribution in [2.75, 3.05) is 6.54 Å². The molecule has 1 saturated heterocycles. The summed E-state index contributed by atoms with van der Waals surface area (Å²) in [7, 11) is 0. The molecule has 2 rings (SSSR count). The van der Waals surface area contributed by atoms with Gasteiger partial charge >= 0.3 is 0 Å². The lowest BCUT2D eigenvalue weighted by Crippen LogP contribution is -1.90. The summed E-state index contributed by atoms with van der Waals surface area (Å²) in [4.78, 5) is 4.07. The van der Waals surface area contributed by atoms with E-state index in [1.165, 1.54) is 18.4 Å². The van der Waals surface area contributed by atoms with E-state index in [9.17, 15) is 0 Å². The third-order valence-corrected chi connectivity index (χ3v) is 2.05. The molecule has 0 amide bonds. The fourth-order valence-electron chi connectivity index (χ4n) is 1.47. The van der Waals surface area contributed by atoms with Gasteiger partial charge in [0.05, 0.1) is 0 Å². The van der Waals surface area contributed by atoms with Crippen molar-refractivity contribution in [1.29, 1.82) is 0 Å². The Morgan fingerprint density at radius 1 is 1.55 bits per heavy atom. The van der Waals surface area contributed by atoms with Crippen LogP contribution < -0.4 is 0 Å². The van der Waals surface area contributed by atoms with Crippen molar-refractivity contribution >= 4 is 0 Å². The van der Waals surface area contributed by atoms with Crippen LogP contribution in [0.4, 0.5) is 0 Å². The summed E-state index contributed by atoms with van der Waals surface area (Å²) >= 11 is 0. The molecule has 0 N–H and O–H groups in total. The van der Waals surface area contributed by atoms with Crippen LogP contribution in [0.25, 0.3) is 5.32 Å². The van der Waals surface area contributed by atoms with Crippen LogP contribution in [-0.2, 0) is 0 Å². The van der Waals surface area contributed by atoms with Gasteiger partial charge in [0.15, 0.2) is 0 Å². The number of hydrogen-bond acceptors (Lipinski definition) is 1. The molecule has 0 saturated carbocycles. The zero-order chi connectivity index (χ0) is 7.52. The second kappa shape index (κ2) is 3.01. The van der Waals surface area contributed by atoms with Crippen LogP contribution in [0.15, 0.2) is 24.5 Å². The maximum atomic E-state index is 4.47. The van der Waals surface area contributed by atoms with E-state index in [-0.39, 0.29) is 0 Å². The molecule has 1 aromatic rings. The summed E-state index contributed by atoms with van der Waals surface area (Å²) in [5.74, 6) is 0. The molecule has 2 nitrogen and oxygen atoms in total. The average molecular weight is 147 g/mol. The predicted molar refractivity (Wildman–Crippen MR) is 44.4 cm³/mol. The Bertz CT molecular complexity index is 214. The molecule has 1 fully saturated rings. The molecule has 2 heteroatoms. The average Bonchev–Trinajstić information content (AvgIpc) is 2.58. The minimum atomic E-state index is 0.434. The Hall–Kier alpha value is -0.890. The quantitative estimate of drug-likeness (QED) is 0.598. The van der Waals surface area contributed by atoms with E-state index in [1.54, 1.807) is 6.20 Å². The Morgan fingerprint density at radius 3 is 3.18 bits per heavy atom. The first-order valence-corrected chi connectivity index (χ1v) is 4.03. The van der Waals surface area contributed by atoms with Crippen molar-refractivity contribution < 1.29 is 0 Å². The molecule has 1 aromatic heterocycles. The minimum Gasteiger partial charge on any atom is -0.656 e. The number of pyridine rings is 1. The van der Waals surface area contributed by atoms with Crippen LogP contribution in [0.2, 0.25) is 0 Å². The molecular formula is C9H11N2-. The molecule has 0 radical (unpaired) electrons. The van der Waals surface area contributed by atoms with Gasteiger partial charge in [-0.25, -0.2) is 0 Å². The molecule has 58 valence electrons. The van der Waals surface area contributed by atoms with Gasteiger partial charge in [0, 0.05) is 12.4 Å². The van der Waals surface area contributed by atoms with Gasteiger partial charge in [-0.2, -0.15) is 0 Å². The molecule has 0 spiro atoms. The van der Waals surface area contributed by atoms with Crippen LogP contribution in [0, 0.1) is 0 Å². The number of hydrogen-bond donors (Lipinski definition) is 0. The topological polar surface area (TPSA) is 27.0 Å². The zero-order valence-electron chi connectivity index (χ0n) is 6.40. The lowest BCUT2D eigenvalue weighted by atomic mass is 10.1. The SMILES string of the molecule is c1cncc([C@@H]2CCC[N-]2)c1. The van der Waals surface area contributed by atoms with Gasteiger partial charge in [-0.15, -0.1) is 12.6 Å². The third kappa shape index (κ3) is 1.40. The molecule has 1 atom stereocenters. The lowest BCUT2D eigenvalue weighted by Gasteiger charge is -2.21. The highest BCUT2D eigenvalue weighted by Crippen LogP contribution is 2.32. The van der Waals surface area contributed by atoms with E-state index in [0.717, 1.165) is 6.54 Å². The Labute approximate surface area is 66.7 Å². The standard InChI is InChI=1S/C9H11N2/c1-3-8(7-10-5-1)9-4-2-6-11-9/h1,3,5,7,9H,2,4,6H2/q-1/t9-/m0/s1. The Balaban J connectivity index is 2.16. The Kier molecular flexibility index (Phi) is 1.86. The monoisotopic (exact) mass is 147 g/mol. The van der Waals surface area contributed by atoms with Gasteiger partial charge in [0.1, 0.15) is 0 Å². The molecule has 2 heterocycles. The van der Waals surface area contributed by atoms with Gasteiger partial charge < -0.3 is 5.32 Å². The first-order chi connectivity index (χ1) is 5.47. The maximum absolute atomic E-state index is 4.47. The molecular weight excluding hydrogens is 136 g/mol. The summed E-state index contributed by atoms with van der Waals surface area (Å²) < 4.78 is 0. The third-order valence-electron chi connectivity index (χ3n) is 2.05. The van der Waals surface area contributed by atoms with Crippen molar-refractivity contribution in [2.45, 2.75) is 18.9 Å². The molecule has 0 bridgehead atoms. The molecule has 0 unspecified atom stereocenters. The van der Waals surface area contributed by atoms with Crippen molar-refractivity contribution in [3.8, 4) is 0 Å². The van der Waals surface area contributed by atoms with Gasteiger partial charge in [-0.3, -0.25) is 4.98 Å². The number of nitrogens with zero attached hydrogens (tertiary/aromatic N) is 2. The Morgan fingerprint density at radius 2 is 2.55 bits per heavy atom.